The minimum atomic E-state index is -0.794. The number of ketones is 1. The van der Waals surface area contributed by atoms with Gasteiger partial charge in [0.15, 0.2) is 0 Å². The minimum absolute atomic E-state index is 0.0391. The van der Waals surface area contributed by atoms with Crippen LogP contribution in [0.1, 0.15) is 49.4 Å². The molecule has 0 spiro atoms. The van der Waals surface area contributed by atoms with Gasteiger partial charge in [-0.05, 0) is 72.5 Å². The standard InChI is InChI=1S/C29H29NO5/c1-5-35-24-16-8-20(9-17-24)26-25(27(31)21-10-14-23(34-4)15-11-21)28(32)29(33)30(26)22-12-6-19(7-13-22)18(2)3/h6-18,26,31H,5H2,1-4H3/b27-25+. The molecule has 0 aliphatic carbocycles. The molecule has 1 aliphatic heterocycles. The van der Waals surface area contributed by atoms with Crippen molar-refractivity contribution < 1.29 is 24.2 Å². The Morgan fingerprint density at radius 3 is 2.06 bits per heavy atom. The van der Waals surface area contributed by atoms with E-state index >= 15 is 0 Å². The van der Waals surface area contributed by atoms with E-state index in [9.17, 15) is 14.7 Å². The van der Waals surface area contributed by atoms with Gasteiger partial charge in [0.2, 0.25) is 0 Å². The predicted molar refractivity (Wildman–Crippen MR) is 136 cm³/mol. The van der Waals surface area contributed by atoms with Crippen molar-refractivity contribution in [2.45, 2.75) is 32.7 Å². The Balaban J connectivity index is 1.86. The summed E-state index contributed by atoms with van der Waals surface area (Å²) >= 11 is 0. The molecular formula is C29H29NO5. The molecule has 6 nitrogen and oxygen atoms in total. The first kappa shape index (κ1) is 24.1. The fraction of sp³-hybridized carbons (Fsp3) is 0.241. The van der Waals surface area contributed by atoms with Crippen molar-refractivity contribution in [1.29, 1.82) is 0 Å². The fourth-order valence-corrected chi connectivity index (χ4v) is 4.25. The summed E-state index contributed by atoms with van der Waals surface area (Å²) in [4.78, 5) is 28.1. The van der Waals surface area contributed by atoms with E-state index in [4.69, 9.17) is 9.47 Å². The fourth-order valence-electron chi connectivity index (χ4n) is 4.25. The van der Waals surface area contributed by atoms with Gasteiger partial charge in [-0.3, -0.25) is 14.5 Å². The maximum atomic E-state index is 13.3. The van der Waals surface area contributed by atoms with Crippen molar-refractivity contribution in [2.24, 2.45) is 0 Å². The van der Waals surface area contributed by atoms with E-state index in [0.717, 1.165) is 5.56 Å². The molecule has 1 heterocycles. The molecule has 0 bridgehead atoms. The van der Waals surface area contributed by atoms with Crippen LogP contribution in [-0.2, 0) is 9.59 Å². The minimum Gasteiger partial charge on any atom is -0.507 e. The first-order chi connectivity index (χ1) is 16.8. The van der Waals surface area contributed by atoms with E-state index < -0.39 is 17.7 Å². The van der Waals surface area contributed by atoms with Gasteiger partial charge < -0.3 is 14.6 Å². The topological polar surface area (TPSA) is 76.1 Å². The van der Waals surface area contributed by atoms with E-state index in [1.54, 1.807) is 43.5 Å². The molecule has 1 amide bonds. The van der Waals surface area contributed by atoms with Crippen molar-refractivity contribution in [3.8, 4) is 11.5 Å². The van der Waals surface area contributed by atoms with E-state index in [-0.39, 0.29) is 11.3 Å². The van der Waals surface area contributed by atoms with Crippen molar-refractivity contribution >= 4 is 23.1 Å². The normalized spacial score (nSPS) is 17.2. The van der Waals surface area contributed by atoms with E-state index in [1.807, 2.05) is 43.3 Å². The molecule has 3 aromatic rings. The average molecular weight is 472 g/mol. The van der Waals surface area contributed by atoms with Crippen LogP contribution in [0.25, 0.3) is 5.76 Å². The average Bonchev–Trinajstić information content (AvgIpc) is 3.14. The number of methoxy groups -OCH3 is 1. The zero-order chi connectivity index (χ0) is 25.1. The second-order valence-electron chi connectivity index (χ2n) is 8.65. The van der Waals surface area contributed by atoms with Crippen LogP contribution in [0.5, 0.6) is 11.5 Å². The number of carbonyl (C=O) groups excluding carboxylic acids is 2. The highest BCUT2D eigenvalue weighted by Crippen LogP contribution is 2.42. The molecule has 0 radical (unpaired) electrons. The number of ether oxygens (including phenoxy) is 2. The van der Waals surface area contributed by atoms with Crippen LogP contribution < -0.4 is 14.4 Å². The van der Waals surface area contributed by atoms with Gasteiger partial charge in [0.25, 0.3) is 11.7 Å². The number of hydrogen-bond acceptors (Lipinski definition) is 5. The summed E-state index contributed by atoms with van der Waals surface area (Å²) in [5.74, 6) is -0.0102. The molecule has 0 aromatic heterocycles. The third-order valence-electron chi connectivity index (χ3n) is 6.15. The van der Waals surface area contributed by atoms with Crippen molar-refractivity contribution in [2.75, 3.05) is 18.6 Å². The number of anilines is 1. The van der Waals surface area contributed by atoms with Gasteiger partial charge in [-0.15, -0.1) is 0 Å². The number of aliphatic hydroxyl groups is 1. The monoisotopic (exact) mass is 471 g/mol. The Morgan fingerprint density at radius 2 is 1.51 bits per heavy atom. The Kier molecular flexibility index (Phi) is 6.92. The van der Waals surface area contributed by atoms with Crippen molar-refractivity contribution in [3.63, 3.8) is 0 Å². The molecule has 1 aliphatic rings. The number of hydrogen-bond donors (Lipinski definition) is 1. The lowest BCUT2D eigenvalue weighted by atomic mass is 9.95. The zero-order valence-corrected chi connectivity index (χ0v) is 20.3. The van der Waals surface area contributed by atoms with Gasteiger partial charge in [0.05, 0.1) is 25.3 Å². The molecule has 6 heteroatoms. The SMILES string of the molecule is CCOc1ccc(C2/C(=C(\O)c3ccc(OC)cc3)C(=O)C(=O)N2c2ccc(C(C)C)cc2)cc1. The van der Waals surface area contributed by atoms with Gasteiger partial charge in [-0.2, -0.15) is 0 Å². The molecule has 1 atom stereocenters. The molecule has 3 aromatic carbocycles. The van der Waals surface area contributed by atoms with Gasteiger partial charge in [-0.1, -0.05) is 38.1 Å². The molecule has 1 saturated heterocycles. The van der Waals surface area contributed by atoms with Crippen LogP contribution >= 0.6 is 0 Å². The highest BCUT2D eigenvalue weighted by molar-refractivity contribution is 6.51. The predicted octanol–water partition coefficient (Wildman–Crippen LogP) is 5.84. The summed E-state index contributed by atoms with van der Waals surface area (Å²) in [6.45, 7) is 6.61. The van der Waals surface area contributed by atoms with Gasteiger partial charge in [-0.25, -0.2) is 0 Å². The van der Waals surface area contributed by atoms with Crippen LogP contribution in [0.2, 0.25) is 0 Å². The number of aliphatic hydroxyl groups excluding tert-OH is 1. The summed E-state index contributed by atoms with van der Waals surface area (Å²) < 4.78 is 10.8. The molecule has 180 valence electrons. The van der Waals surface area contributed by atoms with Gasteiger partial charge in [0, 0.05) is 11.3 Å². The Hall–Kier alpha value is -4.06. The summed E-state index contributed by atoms with van der Waals surface area (Å²) in [5, 5.41) is 11.2. The zero-order valence-electron chi connectivity index (χ0n) is 20.3. The molecule has 1 N–H and O–H groups in total. The van der Waals surface area contributed by atoms with Crippen LogP contribution in [0.4, 0.5) is 5.69 Å². The first-order valence-corrected chi connectivity index (χ1v) is 11.6. The molecular weight excluding hydrogens is 442 g/mol. The lowest BCUT2D eigenvalue weighted by Gasteiger charge is -2.26. The number of benzene rings is 3. The second-order valence-corrected chi connectivity index (χ2v) is 8.65. The number of carbonyl (C=O) groups is 2. The number of amides is 1. The highest BCUT2D eigenvalue weighted by atomic mass is 16.5. The van der Waals surface area contributed by atoms with Crippen molar-refractivity contribution in [1.82, 2.24) is 0 Å². The summed E-state index contributed by atoms with van der Waals surface area (Å²) in [6.07, 6.45) is 0. The van der Waals surface area contributed by atoms with Gasteiger partial charge >= 0.3 is 0 Å². The molecule has 4 rings (SSSR count). The van der Waals surface area contributed by atoms with Gasteiger partial charge in [0.1, 0.15) is 17.3 Å². The summed E-state index contributed by atoms with van der Waals surface area (Å²) in [7, 11) is 1.55. The molecule has 1 unspecified atom stereocenters. The van der Waals surface area contributed by atoms with Crippen LogP contribution in [-0.4, -0.2) is 30.5 Å². The van der Waals surface area contributed by atoms with Crippen LogP contribution in [0.3, 0.4) is 0 Å². The maximum absolute atomic E-state index is 13.3. The summed E-state index contributed by atoms with van der Waals surface area (Å²) in [5.41, 5.74) is 2.87. The summed E-state index contributed by atoms with van der Waals surface area (Å²) in [6, 6.07) is 20.8. The number of nitrogens with zero attached hydrogens (tertiary/aromatic N) is 1. The Bertz CT molecular complexity index is 1240. The smallest absolute Gasteiger partial charge is 0.300 e. The van der Waals surface area contributed by atoms with Crippen LogP contribution in [0, 0.1) is 0 Å². The van der Waals surface area contributed by atoms with E-state index in [0.29, 0.717) is 40.8 Å². The van der Waals surface area contributed by atoms with Crippen molar-refractivity contribution in [3.05, 3.63) is 95.1 Å². The molecule has 1 fully saturated rings. The Labute approximate surface area is 205 Å². The molecule has 35 heavy (non-hydrogen) atoms. The third kappa shape index (κ3) is 4.64. The first-order valence-electron chi connectivity index (χ1n) is 11.6. The second kappa shape index (κ2) is 10.1. The lowest BCUT2D eigenvalue weighted by molar-refractivity contribution is -0.132. The number of rotatable bonds is 7. The molecule has 0 saturated carbocycles. The van der Waals surface area contributed by atoms with E-state index in [1.165, 1.54) is 4.90 Å². The number of Topliss-reactive ketones (excluding diaryl/α,β-unsaturated/α-hetero) is 1. The largest absolute Gasteiger partial charge is 0.507 e. The highest BCUT2D eigenvalue weighted by Gasteiger charge is 2.47. The van der Waals surface area contributed by atoms with E-state index in [2.05, 4.69) is 13.8 Å². The van der Waals surface area contributed by atoms with Crippen LogP contribution in [0.15, 0.2) is 78.4 Å². The third-order valence-corrected chi connectivity index (χ3v) is 6.15. The Morgan fingerprint density at radius 1 is 0.914 bits per heavy atom. The maximum Gasteiger partial charge on any atom is 0.300 e. The quantitative estimate of drug-likeness (QED) is 0.266. The lowest BCUT2D eigenvalue weighted by Crippen LogP contribution is -2.29.